The van der Waals surface area contributed by atoms with Crippen LogP contribution >= 0.6 is 44.1 Å². The van der Waals surface area contributed by atoms with Gasteiger partial charge in [-0.05, 0) is 58.5 Å². The maximum atomic E-state index is 11.8. The fourth-order valence-electron chi connectivity index (χ4n) is 1.48. The molecule has 2 N–H and O–H groups in total. The highest BCUT2D eigenvalue weighted by molar-refractivity contribution is 9.11. The van der Waals surface area contributed by atoms with Crippen molar-refractivity contribution in [3.8, 4) is 5.75 Å². The van der Waals surface area contributed by atoms with Gasteiger partial charge < -0.3 is 10.1 Å². The number of benzene rings is 1. The topological polar surface area (TPSA) is 63.2 Å². The van der Waals surface area contributed by atoms with E-state index in [0.29, 0.717) is 11.6 Å². The lowest BCUT2D eigenvalue weighted by molar-refractivity contribution is -0.121. The normalized spacial score (nSPS) is 9.91. The SMILES string of the molecule is O=C(COc1ccc(Br)cc1Br)NC(=S)Nc1ccccn1. The van der Waals surface area contributed by atoms with Crippen molar-refractivity contribution in [2.45, 2.75) is 0 Å². The first-order valence-corrected chi connectivity index (χ1v) is 8.14. The van der Waals surface area contributed by atoms with Crippen LogP contribution in [-0.2, 0) is 4.79 Å². The second-order valence-electron chi connectivity index (χ2n) is 4.08. The molecule has 1 heterocycles. The fraction of sp³-hybridized carbons (Fsp3) is 0.0714. The predicted molar refractivity (Wildman–Crippen MR) is 95.9 cm³/mol. The smallest absolute Gasteiger partial charge is 0.264 e. The van der Waals surface area contributed by atoms with Gasteiger partial charge in [0.05, 0.1) is 4.47 Å². The Morgan fingerprint density at radius 3 is 2.77 bits per heavy atom. The van der Waals surface area contributed by atoms with Gasteiger partial charge in [-0.25, -0.2) is 4.98 Å². The molecule has 0 aliphatic carbocycles. The largest absolute Gasteiger partial charge is 0.483 e. The molecule has 0 radical (unpaired) electrons. The number of nitrogens with zero attached hydrogens (tertiary/aromatic N) is 1. The molecule has 22 heavy (non-hydrogen) atoms. The van der Waals surface area contributed by atoms with Crippen LogP contribution in [0.4, 0.5) is 5.82 Å². The van der Waals surface area contributed by atoms with E-state index in [2.05, 4.69) is 47.5 Å². The van der Waals surface area contributed by atoms with E-state index < -0.39 is 0 Å². The minimum atomic E-state index is -0.358. The second kappa shape index (κ2) is 8.21. The number of rotatable bonds is 4. The molecule has 8 heteroatoms. The summed E-state index contributed by atoms with van der Waals surface area (Å²) >= 11 is 11.7. The molecule has 2 aromatic rings. The van der Waals surface area contributed by atoms with E-state index in [4.69, 9.17) is 17.0 Å². The highest BCUT2D eigenvalue weighted by Gasteiger charge is 2.08. The molecule has 0 aliphatic heterocycles. The third-order valence-electron chi connectivity index (χ3n) is 2.41. The van der Waals surface area contributed by atoms with Crippen LogP contribution in [0.3, 0.4) is 0 Å². The molecule has 0 saturated heterocycles. The summed E-state index contributed by atoms with van der Waals surface area (Å²) in [5, 5.41) is 5.50. The molecule has 114 valence electrons. The van der Waals surface area contributed by atoms with Crippen LogP contribution in [-0.4, -0.2) is 22.6 Å². The monoisotopic (exact) mass is 443 g/mol. The molecule has 0 atom stereocenters. The first-order chi connectivity index (χ1) is 10.5. The van der Waals surface area contributed by atoms with Crippen molar-refractivity contribution in [3.63, 3.8) is 0 Å². The molecule has 1 aromatic heterocycles. The van der Waals surface area contributed by atoms with E-state index in [0.717, 1.165) is 8.95 Å². The Bertz CT molecular complexity index is 683. The van der Waals surface area contributed by atoms with Gasteiger partial charge in [-0.3, -0.25) is 10.1 Å². The van der Waals surface area contributed by atoms with E-state index in [1.807, 2.05) is 18.2 Å². The predicted octanol–water partition coefficient (Wildman–Crippen LogP) is 3.50. The fourth-order valence-corrected chi connectivity index (χ4v) is 2.86. The number of ether oxygens (including phenoxy) is 1. The van der Waals surface area contributed by atoms with Gasteiger partial charge in [0, 0.05) is 10.7 Å². The quantitative estimate of drug-likeness (QED) is 0.706. The maximum Gasteiger partial charge on any atom is 0.264 e. The summed E-state index contributed by atoms with van der Waals surface area (Å²) in [5.41, 5.74) is 0. The zero-order chi connectivity index (χ0) is 15.9. The molecule has 2 rings (SSSR count). The summed E-state index contributed by atoms with van der Waals surface area (Å²) in [7, 11) is 0. The summed E-state index contributed by atoms with van der Waals surface area (Å²) in [4.78, 5) is 15.8. The lowest BCUT2D eigenvalue weighted by atomic mass is 10.3. The van der Waals surface area contributed by atoms with Gasteiger partial charge in [0.1, 0.15) is 11.6 Å². The molecular formula is C14H11Br2N3O2S. The number of thiocarbonyl (C=S) groups is 1. The Labute approximate surface area is 149 Å². The summed E-state index contributed by atoms with van der Waals surface area (Å²) in [5.74, 6) is 0.773. The van der Waals surface area contributed by atoms with Gasteiger partial charge in [-0.1, -0.05) is 22.0 Å². The minimum Gasteiger partial charge on any atom is -0.483 e. The summed E-state index contributed by atoms with van der Waals surface area (Å²) in [6, 6.07) is 10.8. The van der Waals surface area contributed by atoms with E-state index in [1.165, 1.54) is 0 Å². The van der Waals surface area contributed by atoms with Crippen molar-refractivity contribution < 1.29 is 9.53 Å². The number of hydrogen-bond acceptors (Lipinski definition) is 4. The Morgan fingerprint density at radius 2 is 2.09 bits per heavy atom. The van der Waals surface area contributed by atoms with Crippen LogP contribution in [0.25, 0.3) is 0 Å². The molecule has 1 amide bonds. The van der Waals surface area contributed by atoms with Crippen molar-refractivity contribution in [1.82, 2.24) is 10.3 Å². The Morgan fingerprint density at radius 1 is 1.27 bits per heavy atom. The molecule has 0 fully saturated rings. The van der Waals surface area contributed by atoms with Gasteiger partial charge in [-0.15, -0.1) is 0 Å². The summed E-state index contributed by atoms with van der Waals surface area (Å²) in [6.07, 6.45) is 1.63. The third kappa shape index (κ3) is 5.36. The van der Waals surface area contributed by atoms with Crippen molar-refractivity contribution in [2.24, 2.45) is 0 Å². The zero-order valence-corrected chi connectivity index (χ0v) is 15.2. The van der Waals surface area contributed by atoms with Crippen LogP contribution in [0.2, 0.25) is 0 Å². The van der Waals surface area contributed by atoms with Crippen LogP contribution in [0.5, 0.6) is 5.75 Å². The molecule has 0 aliphatic rings. The second-order valence-corrected chi connectivity index (χ2v) is 6.26. The number of carbonyl (C=O) groups excluding carboxylic acids is 1. The van der Waals surface area contributed by atoms with Crippen LogP contribution < -0.4 is 15.4 Å². The molecular weight excluding hydrogens is 434 g/mol. The first kappa shape index (κ1) is 16.9. The molecule has 0 spiro atoms. The lowest BCUT2D eigenvalue weighted by Gasteiger charge is -2.10. The minimum absolute atomic E-state index is 0.149. The summed E-state index contributed by atoms with van der Waals surface area (Å²) < 4.78 is 7.09. The summed E-state index contributed by atoms with van der Waals surface area (Å²) in [6.45, 7) is -0.149. The van der Waals surface area contributed by atoms with E-state index in [9.17, 15) is 4.79 Å². The van der Waals surface area contributed by atoms with Gasteiger partial charge in [0.15, 0.2) is 11.7 Å². The van der Waals surface area contributed by atoms with E-state index >= 15 is 0 Å². The van der Waals surface area contributed by atoms with Crippen molar-refractivity contribution in [3.05, 3.63) is 51.5 Å². The number of halogens is 2. The lowest BCUT2D eigenvalue weighted by Crippen LogP contribution is -2.37. The number of anilines is 1. The Balaban J connectivity index is 1.81. The average molecular weight is 445 g/mol. The number of carbonyl (C=O) groups is 1. The van der Waals surface area contributed by atoms with Gasteiger partial charge >= 0.3 is 0 Å². The van der Waals surface area contributed by atoms with Gasteiger partial charge in [0.2, 0.25) is 0 Å². The zero-order valence-electron chi connectivity index (χ0n) is 11.2. The third-order valence-corrected chi connectivity index (χ3v) is 3.73. The molecule has 5 nitrogen and oxygen atoms in total. The molecule has 0 unspecified atom stereocenters. The highest BCUT2D eigenvalue weighted by Crippen LogP contribution is 2.27. The Hall–Kier alpha value is -1.51. The van der Waals surface area contributed by atoms with E-state index in [-0.39, 0.29) is 17.6 Å². The van der Waals surface area contributed by atoms with Crippen LogP contribution in [0, 0.1) is 0 Å². The number of amides is 1. The molecule has 0 bridgehead atoms. The van der Waals surface area contributed by atoms with Crippen molar-refractivity contribution in [2.75, 3.05) is 11.9 Å². The number of hydrogen-bond donors (Lipinski definition) is 2. The van der Waals surface area contributed by atoms with Crippen LogP contribution in [0.1, 0.15) is 0 Å². The average Bonchev–Trinajstić information content (AvgIpc) is 2.47. The standard InChI is InChI=1S/C14H11Br2N3O2S/c15-9-4-5-11(10(16)7-9)21-8-13(20)19-14(22)18-12-3-1-2-6-17-12/h1-7H,8H2,(H2,17,18,19,20,22). The number of pyridine rings is 1. The van der Waals surface area contributed by atoms with Gasteiger partial charge in [-0.2, -0.15) is 0 Å². The van der Waals surface area contributed by atoms with Crippen LogP contribution in [0.15, 0.2) is 51.5 Å². The van der Waals surface area contributed by atoms with Crippen molar-refractivity contribution >= 4 is 60.9 Å². The number of nitrogens with one attached hydrogen (secondary N) is 2. The first-order valence-electron chi connectivity index (χ1n) is 6.14. The molecule has 0 saturated carbocycles. The van der Waals surface area contributed by atoms with Gasteiger partial charge in [0.25, 0.3) is 5.91 Å². The van der Waals surface area contributed by atoms with E-state index in [1.54, 1.807) is 24.4 Å². The highest BCUT2D eigenvalue weighted by atomic mass is 79.9. The van der Waals surface area contributed by atoms with Crippen molar-refractivity contribution in [1.29, 1.82) is 0 Å². The molecule has 1 aromatic carbocycles. The maximum absolute atomic E-state index is 11.8. The Kier molecular flexibility index (Phi) is 6.29. The number of aromatic nitrogens is 1.